The van der Waals surface area contributed by atoms with Crippen LogP contribution in [-0.4, -0.2) is 33.3 Å². The van der Waals surface area contributed by atoms with Gasteiger partial charge in [-0.1, -0.05) is 19.1 Å². The number of rotatable bonds is 5. The van der Waals surface area contributed by atoms with Crippen LogP contribution < -0.4 is 5.32 Å². The summed E-state index contributed by atoms with van der Waals surface area (Å²) in [5.41, 5.74) is 2.48. The van der Waals surface area contributed by atoms with Gasteiger partial charge in [0.15, 0.2) is 0 Å². The van der Waals surface area contributed by atoms with Gasteiger partial charge in [0, 0.05) is 28.9 Å². The van der Waals surface area contributed by atoms with Crippen molar-refractivity contribution in [2.75, 3.05) is 13.2 Å². The first-order chi connectivity index (χ1) is 11.1. The van der Waals surface area contributed by atoms with E-state index in [0.29, 0.717) is 5.92 Å². The lowest BCUT2D eigenvalue weighted by Gasteiger charge is -2.30. The van der Waals surface area contributed by atoms with E-state index in [4.69, 9.17) is 0 Å². The standard InChI is InChI=1S/C17H26N4OS/c1-4-13-8-14(17(23-13)11(2)10-22)12-5-6-18-15(7-12)16-9-21(3)20-19-16/h8-9,11-12,15,18,22H,4-7,10H2,1-3H3. The molecule has 5 nitrogen and oxygen atoms in total. The second-order valence-corrected chi connectivity index (χ2v) is 7.68. The molecule has 0 radical (unpaired) electrons. The Bertz CT molecular complexity index is 651. The van der Waals surface area contributed by atoms with Gasteiger partial charge in [-0.2, -0.15) is 0 Å². The number of thiophene rings is 1. The van der Waals surface area contributed by atoms with Gasteiger partial charge in [-0.05, 0) is 43.4 Å². The summed E-state index contributed by atoms with van der Waals surface area (Å²) < 4.78 is 1.76. The Kier molecular flexibility index (Phi) is 5.14. The fourth-order valence-electron chi connectivity index (χ4n) is 3.39. The van der Waals surface area contributed by atoms with E-state index >= 15 is 0 Å². The maximum atomic E-state index is 9.60. The molecule has 3 rings (SSSR count). The van der Waals surface area contributed by atoms with Crippen LogP contribution in [0.1, 0.15) is 65.6 Å². The minimum Gasteiger partial charge on any atom is -0.396 e. The highest BCUT2D eigenvalue weighted by Gasteiger charge is 2.29. The van der Waals surface area contributed by atoms with Crippen LogP contribution in [0.3, 0.4) is 0 Å². The van der Waals surface area contributed by atoms with Crippen molar-refractivity contribution >= 4 is 11.3 Å². The molecule has 6 heteroatoms. The van der Waals surface area contributed by atoms with E-state index in [1.165, 1.54) is 15.3 Å². The molecule has 3 atom stereocenters. The third-order valence-electron chi connectivity index (χ3n) is 4.73. The molecule has 0 aromatic carbocycles. The van der Waals surface area contributed by atoms with Gasteiger partial charge in [0.2, 0.25) is 0 Å². The van der Waals surface area contributed by atoms with Gasteiger partial charge in [0.25, 0.3) is 0 Å². The van der Waals surface area contributed by atoms with Gasteiger partial charge in [-0.15, -0.1) is 16.4 Å². The van der Waals surface area contributed by atoms with Gasteiger partial charge >= 0.3 is 0 Å². The normalized spacial score (nSPS) is 23.1. The summed E-state index contributed by atoms with van der Waals surface area (Å²) >= 11 is 1.87. The third-order valence-corrected chi connectivity index (χ3v) is 6.26. The van der Waals surface area contributed by atoms with Crippen molar-refractivity contribution in [3.8, 4) is 0 Å². The van der Waals surface area contributed by atoms with Crippen molar-refractivity contribution in [2.45, 2.75) is 51.0 Å². The van der Waals surface area contributed by atoms with Crippen molar-refractivity contribution in [1.82, 2.24) is 20.3 Å². The lowest BCUT2D eigenvalue weighted by molar-refractivity contribution is 0.273. The van der Waals surface area contributed by atoms with E-state index < -0.39 is 0 Å². The van der Waals surface area contributed by atoms with E-state index in [2.05, 4.69) is 35.5 Å². The molecule has 0 saturated carbocycles. The molecule has 1 aliphatic rings. The van der Waals surface area contributed by atoms with Crippen LogP contribution in [0.2, 0.25) is 0 Å². The lowest BCUT2D eigenvalue weighted by atomic mass is 9.84. The van der Waals surface area contributed by atoms with Crippen molar-refractivity contribution < 1.29 is 5.11 Å². The molecule has 2 aromatic heterocycles. The highest BCUT2D eigenvalue weighted by Crippen LogP contribution is 2.41. The molecule has 0 aliphatic carbocycles. The van der Waals surface area contributed by atoms with E-state index in [-0.39, 0.29) is 18.6 Å². The van der Waals surface area contributed by atoms with Crippen LogP contribution >= 0.6 is 11.3 Å². The largest absolute Gasteiger partial charge is 0.396 e. The van der Waals surface area contributed by atoms with Crippen LogP contribution in [-0.2, 0) is 13.5 Å². The summed E-state index contributed by atoms with van der Waals surface area (Å²) in [5, 5.41) is 21.5. The summed E-state index contributed by atoms with van der Waals surface area (Å²) in [5.74, 6) is 0.754. The van der Waals surface area contributed by atoms with E-state index in [0.717, 1.165) is 31.5 Å². The molecule has 2 aromatic rings. The zero-order valence-corrected chi connectivity index (χ0v) is 14.9. The highest BCUT2D eigenvalue weighted by molar-refractivity contribution is 7.12. The SMILES string of the molecule is CCc1cc(C2CCNC(c3cn(C)nn3)C2)c(C(C)CO)s1. The number of piperidine rings is 1. The molecule has 1 saturated heterocycles. The van der Waals surface area contributed by atoms with Crippen LogP contribution in [0.15, 0.2) is 12.3 Å². The Morgan fingerprint density at radius 3 is 3.00 bits per heavy atom. The molecule has 2 N–H and O–H groups in total. The smallest absolute Gasteiger partial charge is 0.0996 e. The molecule has 3 heterocycles. The Morgan fingerprint density at radius 1 is 1.52 bits per heavy atom. The maximum absolute atomic E-state index is 9.60. The Balaban J connectivity index is 1.84. The quantitative estimate of drug-likeness (QED) is 0.882. The van der Waals surface area contributed by atoms with E-state index in [1.54, 1.807) is 4.68 Å². The minimum absolute atomic E-state index is 0.217. The average molecular weight is 334 g/mol. The number of nitrogens with zero attached hydrogens (tertiary/aromatic N) is 3. The van der Waals surface area contributed by atoms with Gasteiger partial charge in [0.1, 0.15) is 0 Å². The minimum atomic E-state index is 0.217. The molecule has 0 spiro atoms. The van der Waals surface area contributed by atoms with Crippen molar-refractivity contribution in [3.05, 3.63) is 33.3 Å². The van der Waals surface area contributed by atoms with Crippen LogP contribution in [0.4, 0.5) is 0 Å². The maximum Gasteiger partial charge on any atom is 0.0996 e. The summed E-state index contributed by atoms with van der Waals surface area (Å²) in [6.45, 7) is 5.54. The first kappa shape index (κ1) is 16.6. The van der Waals surface area contributed by atoms with Gasteiger partial charge in [0.05, 0.1) is 18.3 Å². The van der Waals surface area contributed by atoms with Gasteiger partial charge < -0.3 is 10.4 Å². The molecular formula is C17H26N4OS. The Morgan fingerprint density at radius 2 is 2.35 bits per heavy atom. The van der Waals surface area contributed by atoms with Crippen molar-refractivity contribution in [2.24, 2.45) is 7.05 Å². The van der Waals surface area contributed by atoms with E-state index in [9.17, 15) is 5.11 Å². The van der Waals surface area contributed by atoms with Crippen molar-refractivity contribution in [3.63, 3.8) is 0 Å². The molecule has 1 aliphatic heterocycles. The van der Waals surface area contributed by atoms with E-state index in [1.807, 2.05) is 24.6 Å². The van der Waals surface area contributed by atoms with Crippen LogP contribution in [0.5, 0.6) is 0 Å². The number of aliphatic hydroxyl groups excluding tert-OH is 1. The monoisotopic (exact) mass is 334 g/mol. The average Bonchev–Trinajstić information content (AvgIpc) is 3.20. The third kappa shape index (κ3) is 3.49. The molecule has 23 heavy (non-hydrogen) atoms. The van der Waals surface area contributed by atoms with Gasteiger partial charge in [-0.3, -0.25) is 4.68 Å². The molecule has 3 unspecified atom stereocenters. The Labute approximate surface area is 141 Å². The first-order valence-electron chi connectivity index (χ1n) is 8.45. The predicted molar refractivity (Wildman–Crippen MR) is 92.9 cm³/mol. The lowest BCUT2D eigenvalue weighted by Crippen LogP contribution is -2.31. The molecular weight excluding hydrogens is 308 g/mol. The Hall–Kier alpha value is -1.24. The fourth-order valence-corrected chi connectivity index (χ4v) is 4.62. The summed E-state index contributed by atoms with van der Waals surface area (Å²) in [4.78, 5) is 2.79. The number of nitrogens with one attached hydrogen (secondary N) is 1. The fraction of sp³-hybridized carbons (Fsp3) is 0.647. The zero-order chi connectivity index (χ0) is 16.4. The topological polar surface area (TPSA) is 63.0 Å². The summed E-state index contributed by atoms with van der Waals surface area (Å²) in [6, 6.07) is 2.64. The predicted octanol–water partition coefficient (Wildman–Crippen LogP) is 2.74. The number of hydrogen-bond donors (Lipinski definition) is 2. The number of aliphatic hydroxyl groups is 1. The summed E-state index contributed by atoms with van der Waals surface area (Å²) in [7, 11) is 1.91. The van der Waals surface area contributed by atoms with Crippen LogP contribution in [0, 0.1) is 0 Å². The van der Waals surface area contributed by atoms with Gasteiger partial charge in [-0.25, -0.2) is 0 Å². The number of hydrogen-bond acceptors (Lipinski definition) is 5. The second-order valence-electron chi connectivity index (χ2n) is 6.51. The highest BCUT2D eigenvalue weighted by atomic mass is 32.1. The molecule has 0 bridgehead atoms. The number of aryl methyl sites for hydroxylation is 2. The molecule has 1 fully saturated rings. The van der Waals surface area contributed by atoms with Crippen LogP contribution in [0.25, 0.3) is 0 Å². The molecule has 0 amide bonds. The summed E-state index contributed by atoms with van der Waals surface area (Å²) in [6.07, 6.45) is 5.25. The second kappa shape index (κ2) is 7.11. The van der Waals surface area contributed by atoms with Crippen molar-refractivity contribution in [1.29, 1.82) is 0 Å². The first-order valence-corrected chi connectivity index (χ1v) is 9.27. The molecule has 126 valence electrons. The number of aromatic nitrogens is 3. The zero-order valence-electron chi connectivity index (χ0n) is 14.1.